The van der Waals surface area contributed by atoms with Crippen molar-refractivity contribution in [3.8, 4) is 0 Å². The topological polar surface area (TPSA) is 75.3 Å². The van der Waals surface area contributed by atoms with Gasteiger partial charge in [0.2, 0.25) is 15.9 Å². The summed E-state index contributed by atoms with van der Waals surface area (Å²) in [5.41, 5.74) is 0. The lowest BCUT2D eigenvalue weighted by Gasteiger charge is -2.10. The van der Waals surface area contributed by atoms with Gasteiger partial charge in [0.15, 0.2) is 0 Å². The minimum Gasteiger partial charge on any atom is -0.355 e. The molecule has 0 heterocycles. The maximum Gasteiger partial charge on any atom is 0.243 e. The zero-order chi connectivity index (χ0) is 15.3. The van der Waals surface area contributed by atoms with Gasteiger partial charge in [0.25, 0.3) is 0 Å². The molecule has 1 rings (SSSR count). The Hall–Kier alpha value is -0.990. The van der Waals surface area contributed by atoms with E-state index in [9.17, 15) is 17.6 Å². The molecule has 8 heteroatoms. The molecule has 20 heavy (non-hydrogen) atoms. The molecular weight excluding hydrogens is 351 g/mol. The summed E-state index contributed by atoms with van der Waals surface area (Å²) in [6, 6.07) is 3.70. The van der Waals surface area contributed by atoms with Crippen molar-refractivity contribution in [2.45, 2.75) is 18.7 Å². The van der Waals surface area contributed by atoms with Crippen molar-refractivity contribution in [3.63, 3.8) is 0 Å². The number of hydrogen-bond donors (Lipinski definition) is 2. The van der Waals surface area contributed by atoms with E-state index in [4.69, 9.17) is 0 Å². The van der Waals surface area contributed by atoms with Crippen LogP contribution in [0, 0.1) is 11.7 Å². The monoisotopic (exact) mass is 366 g/mol. The van der Waals surface area contributed by atoms with Crippen molar-refractivity contribution in [2.75, 3.05) is 13.1 Å². The van der Waals surface area contributed by atoms with E-state index < -0.39 is 20.7 Å². The Kier molecular flexibility index (Phi) is 6.09. The molecule has 1 aromatic carbocycles. The number of rotatable bonds is 6. The van der Waals surface area contributed by atoms with Crippen molar-refractivity contribution in [2.24, 2.45) is 5.92 Å². The van der Waals surface area contributed by atoms with Crippen LogP contribution in [0.5, 0.6) is 0 Å². The Labute approximate surface area is 126 Å². The van der Waals surface area contributed by atoms with Crippen LogP contribution >= 0.6 is 15.9 Å². The third-order valence-corrected chi connectivity index (χ3v) is 4.41. The molecule has 0 aliphatic heterocycles. The van der Waals surface area contributed by atoms with Crippen LogP contribution in [0.4, 0.5) is 4.39 Å². The molecule has 5 nitrogen and oxygen atoms in total. The van der Waals surface area contributed by atoms with Crippen molar-refractivity contribution in [1.82, 2.24) is 10.0 Å². The molecule has 0 atom stereocenters. The van der Waals surface area contributed by atoms with Crippen LogP contribution in [0.1, 0.15) is 13.8 Å². The number of sulfonamides is 1. The van der Waals surface area contributed by atoms with E-state index in [1.807, 2.05) is 0 Å². The fourth-order valence-electron chi connectivity index (χ4n) is 1.35. The Morgan fingerprint density at radius 2 is 2.00 bits per heavy atom. The third-order valence-electron chi connectivity index (χ3n) is 2.42. The average molecular weight is 367 g/mol. The van der Waals surface area contributed by atoms with Crippen molar-refractivity contribution < 1.29 is 17.6 Å². The molecule has 0 radical (unpaired) electrons. The van der Waals surface area contributed by atoms with E-state index in [1.54, 1.807) is 13.8 Å². The molecule has 0 aromatic heterocycles. The summed E-state index contributed by atoms with van der Waals surface area (Å²) in [5.74, 6) is -1.17. The third kappa shape index (κ3) is 4.84. The molecule has 112 valence electrons. The lowest BCUT2D eigenvalue weighted by atomic mass is 10.2. The summed E-state index contributed by atoms with van der Waals surface area (Å²) in [4.78, 5) is 10.9. The van der Waals surface area contributed by atoms with Crippen LogP contribution in [0.15, 0.2) is 27.6 Å². The Morgan fingerprint density at radius 1 is 1.35 bits per heavy atom. The molecule has 0 unspecified atom stereocenters. The minimum atomic E-state index is -3.92. The second-order valence-electron chi connectivity index (χ2n) is 4.42. The number of nitrogens with one attached hydrogen (secondary N) is 2. The largest absolute Gasteiger partial charge is 0.355 e. The summed E-state index contributed by atoms with van der Waals surface area (Å²) in [5, 5.41) is 2.56. The second-order valence-corrected chi connectivity index (χ2v) is 7.07. The van der Waals surface area contributed by atoms with Gasteiger partial charge in [-0.3, -0.25) is 4.79 Å². The molecule has 1 amide bonds. The number of benzene rings is 1. The fourth-order valence-corrected chi connectivity index (χ4v) is 2.77. The average Bonchev–Trinajstić information content (AvgIpc) is 2.33. The van der Waals surface area contributed by atoms with Gasteiger partial charge in [-0.25, -0.2) is 17.5 Å². The van der Waals surface area contributed by atoms with Crippen LogP contribution in [-0.4, -0.2) is 27.4 Å². The van der Waals surface area contributed by atoms with E-state index >= 15 is 0 Å². The van der Waals surface area contributed by atoms with E-state index in [1.165, 1.54) is 12.1 Å². The number of amides is 1. The van der Waals surface area contributed by atoms with E-state index in [0.29, 0.717) is 4.47 Å². The predicted octanol–water partition coefficient (Wildman–Crippen LogP) is 1.64. The molecule has 0 bridgehead atoms. The van der Waals surface area contributed by atoms with Gasteiger partial charge in [0.05, 0.1) is 0 Å². The zero-order valence-corrected chi connectivity index (χ0v) is 13.5. The lowest BCUT2D eigenvalue weighted by molar-refractivity contribution is -0.123. The normalized spacial score (nSPS) is 11.7. The number of halogens is 2. The molecule has 0 fully saturated rings. The van der Waals surface area contributed by atoms with Gasteiger partial charge in [-0.05, 0) is 18.2 Å². The Balaban J connectivity index is 2.60. The highest BCUT2D eigenvalue weighted by Gasteiger charge is 2.18. The van der Waals surface area contributed by atoms with Crippen molar-refractivity contribution in [3.05, 3.63) is 28.5 Å². The van der Waals surface area contributed by atoms with Crippen LogP contribution in [0.25, 0.3) is 0 Å². The van der Waals surface area contributed by atoms with Gasteiger partial charge in [-0.1, -0.05) is 29.8 Å². The first-order valence-electron chi connectivity index (χ1n) is 5.96. The summed E-state index contributed by atoms with van der Waals surface area (Å²) < 4.78 is 40.0. The maximum atomic E-state index is 13.6. The molecule has 0 spiro atoms. The van der Waals surface area contributed by atoms with Gasteiger partial charge in [-0.15, -0.1) is 0 Å². The van der Waals surface area contributed by atoms with Gasteiger partial charge in [0, 0.05) is 23.5 Å². The zero-order valence-electron chi connectivity index (χ0n) is 11.1. The molecule has 0 aliphatic rings. The standard InChI is InChI=1S/C12H16BrFN2O3S/c1-8(2)12(17)15-5-6-16-20(18,19)11-4-3-9(13)7-10(11)14/h3-4,7-8,16H,5-6H2,1-2H3,(H,15,17). The van der Waals surface area contributed by atoms with Gasteiger partial charge in [0.1, 0.15) is 10.7 Å². The van der Waals surface area contributed by atoms with Crippen LogP contribution in [0.3, 0.4) is 0 Å². The number of carbonyl (C=O) groups excluding carboxylic acids is 1. The van der Waals surface area contributed by atoms with Gasteiger partial charge >= 0.3 is 0 Å². The van der Waals surface area contributed by atoms with E-state index in [-0.39, 0.29) is 24.9 Å². The molecule has 0 saturated heterocycles. The Bertz CT molecular complexity index is 590. The van der Waals surface area contributed by atoms with E-state index in [0.717, 1.165) is 6.07 Å². The Morgan fingerprint density at radius 3 is 2.55 bits per heavy atom. The SMILES string of the molecule is CC(C)C(=O)NCCNS(=O)(=O)c1ccc(Br)cc1F. The van der Waals surface area contributed by atoms with E-state index in [2.05, 4.69) is 26.0 Å². The first kappa shape index (κ1) is 17.1. The fraction of sp³-hybridized carbons (Fsp3) is 0.417. The second kappa shape index (κ2) is 7.14. The van der Waals surface area contributed by atoms with Crippen LogP contribution in [-0.2, 0) is 14.8 Å². The summed E-state index contributed by atoms with van der Waals surface area (Å²) >= 11 is 3.05. The lowest BCUT2D eigenvalue weighted by Crippen LogP contribution is -2.36. The number of hydrogen-bond acceptors (Lipinski definition) is 3. The highest BCUT2D eigenvalue weighted by molar-refractivity contribution is 9.10. The first-order chi connectivity index (χ1) is 9.24. The van der Waals surface area contributed by atoms with Gasteiger partial charge in [-0.2, -0.15) is 0 Å². The van der Waals surface area contributed by atoms with Crippen LogP contribution < -0.4 is 10.0 Å². The molecular formula is C12H16BrFN2O3S. The van der Waals surface area contributed by atoms with Crippen molar-refractivity contribution in [1.29, 1.82) is 0 Å². The molecule has 2 N–H and O–H groups in total. The molecule has 1 aromatic rings. The summed E-state index contributed by atoms with van der Waals surface area (Å²) in [6.45, 7) is 3.61. The first-order valence-corrected chi connectivity index (χ1v) is 8.24. The van der Waals surface area contributed by atoms with Gasteiger partial charge < -0.3 is 5.32 Å². The minimum absolute atomic E-state index is 0.00367. The quantitative estimate of drug-likeness (QED) is 0.751. The number of carbonyl (C=O) groups is 1. The maximum absolute atomic E-state index is 13.6. The highest BCUT2D eigenvalue weighted by Crippen LogP contribution is 2.18. The predicted molar refractivity (Wildman–Crippen MR) is 77.1 cm³/mol. The highest BCUT2D eigenvalue weighted by atomic mass is 79.9. The summed E-state index contributed by atoms with van der Waals surface area (Å²) in [6.07, 6.45) is 0. The molecule has 0 aliphatic carbocycles. The summed E-state index contributed by atoms with van der Waals surface area (Å²) in [7, 11) is -3.92. The molecule has 0 saturated carbocycles. The van der Waals surface area contributed by atoms with Crippen molar-refractivity contribution >= 4 is 31.9 Å². The smallest absolute Gasteiger partial charge is 0.243 e. The van der Waals surface area contributed by atoms with Crippen LogP contribution in [0.2, 0.25) is 0 Å².